The molecule has 138 valence electrons. The van der Waals surface area contributed by atoms with Crippen molar-refractivity contribution < 1.29 is 23.8 Å². The molecule has 1 aliphatic heterocycles. The fourth-order valence-corrected chi connectivity index (χ4v) is 2.65. The summed E-state index contributed by atoms with van der Waals surface area (Å²) < 4.78 is 15.7. The molecule has 7 heteroatoms. The maximum atomic E-state index is 12.3. The molecule has 1 atom stereocenters. The van der Waals surface area contributed by atoms with Gasteiger partial charge in [0.25, 0.3) is 5.91 Å². The van der Waals surface area contributed by atoms with Gasteiger partial charge in [0.1, 0.15) is 11.5 Å². The lowest BCUT2D eigenvalue weighted by Crippen LogP contribution is -2.49. The Labute approximate surface area is 148 Å². The van der Waals surface area contributed by atoms with Crippen LogP contribution in [0.1, 0.15) is 26.7 Å². The van der Waals surface area contributed by atoms with Crippen LogP contribution in [0.15, 0.2) is 24.3 Å². The SMILES string of the molecule is CCOC(=O)N1CCC(NC(=O)[C@@H](C)Oc2ccc(OC)cc2)CC1. The first-order chi connectivity index (χ1) is 12.0. The van der Waals surface area contributed by atoms with Gasteiger partial charge in [-0.05, 0) is 51.0 Å². The number of ether oxygens (including phenoxy) is 3. The number of nitrogens with one attached hydrogen (secondary N) is 1. The summed E-state index contributed by atoms with van der Waals surface area (Å²) in [4.78, 5) is 25.6. The standard InChI is InChI=1S/C18H26N2O5/c1-4-24-18(22)20-11-9-14(10-12-20)19-17(21)13(2)25-16-7-5-15(23-3)6-8-16/h5-8,13-14H,4,9-12H2,1-3H3,(H,19,21)/t13-/m1/s1. The summed E-state index contributed by atoms with van der Waals surface area (Å²) >= 11 is 0. The van der Waals surface area contributed by atoms with Crippen molar-refractivity contribution in [2.75, 3.05) is 26.8 Å². The molecule has 2 rings (SSSR count). The summed E-state index contributed by atoms with van der Waals surface area (Å²) in [7, 11) is 1.60. The van der Waals surface area contributed by atoms with Crippen molar-refractivity contribution in [2.24, 2.45) is 0 Å². The van der Waals surface area contributed by atoms with Crippen LogP contribution in [0.25, 0.3) is 0 Å². The molecule has 7 nitrogen and oxygen atoms in total. The maximum Gasteiger partial charge on any atom is 0.409 e. The lowest BCUT2D eigenvalue weighted by molar-refractivity contribution is -0.128. The monoisotopic (exact) mass is 350 g/mol. The molecule has 0 aliphatic carbocycles. The molecule has 0 bridgehead atoms. The van der Waals surface area contributed by atoms with Crippen LogP contribution >= 0.6 is 0 Å². The Hall–Kier alpha value is -2.44. The van der Waals surface area contributed by atoms with Gasteiger partial charge >= 0.3 is 6.09 Å². The van der Waals surface area contributed by atoms with Gasteiger partial charge < -0.3 is 24.4 Å². The number of nitrogens with zero attached hydrogens (tertiary/aromatic N) is 1. The van der Waals surface area contributed by atoms with E-state index in [2.05, 4.69) is 5.32 Å². The smallest absolute Gasteiger partial charge is 0.409 e. The molecule has 0 aromatic heterocycles. The average molecular weight is 350 g/mol. The van der Waals surface area contributed by atoms with Crippen molar-refractivity contribution in [1.82, 2.24) is 10.2 Å². The first kappa shape index (κ1) is 18.9. The highest BCUT2D eigenvalue weighted by atomic mass is 16.6. The number of amides is 2. The van der Waals surface area contributed by atoms with E-state index in [0.717, 1.165) is 5.75 Å². The minimum Gasteiger partial charge on any atom is -0.497 e. The topological polar surface area (TPSA) is 77.1 Å². The van der Waals surface area contributed by atoms with E-state index in [0.29, 0.717) is 38.3 Å². The van der Waals surface area contributed by atoms with E-state index < -0.39 is 6.10 Å². The normalized spacial score (nSPS) is 16.0. The van der Waals surface area contributed by atoms with E-state index >= 15 is 0 Å². The van der Waals surface area contributed by atoms with Gasteiger partial charge in [0.15, 0.2) is 6.10 Å². The number of benzene rings is 1. The van der Waals surface area contributed by atoms with Crippen LogP contribution in [0.5, 0.6) is 11.5 Å². The molecule has 1 aliphatic rings. The molecule has 25 heavy (non-hydrogen) atoms. The fourth-order valence-electron chi connectivity index (χ4n) is 2.65. The number of likely N-dealkylation sites (tertiary alicyclic amines) is 1. The van der Waals surface area contributed by atoms with Gasteiger partial charge in [0.2, 0.25) is 0 Å². The van der Waals surface area contributed by atoms with E-state index in [4.69, 9.17) is 14.2 Å². The lowest BCUT2D eigenvalue weighted by atomic mass is 10.1. The number of piperidine rings is 1. The fraction of sp³-hybridized carbons (Fsp3) is 0.556. The van der Waals surface area contributed by atoms with E-state index in [1.165, 1.54) is 0 Å². The highest BCUT2D eigenvalue weighted by Crippen LogP contribution is 2.18. The Kier molecular flexibility index (Phi) is 6.91. The van der Waals surface area contributed by atoms with Crippen LogP contribution in [-0.2, 0) is 9.53 Å². The quantitative estimate of drug-likeness (QED) is 0.851. The third kappa shape index (κ3) is 5.55. The van der Waals surface area contributed by atoms with Gasteiger partial charge in [-0.3, -0.25) is 4.79 Å². The van der Waals surface area contributed by atoms with E-state index in [-0.39, 0.29) is 18.0 Å². The molecule has 2 amide bonds. The molecule has 1 N–H and O–H groups in total. The number of hydrogen-bond donors (Lipinski definition) is 1. The van der Waals surface area contributed by atoms with Crippen molar-refractivity contribution in [1.29, 1.82) is 0 Å². The van der Waals surface area contributed by atoms with Gasteiger partial charge in [0, 0.05) is 19.1 Å². The predicted molar refractivity (Wildman–Crippen MR) is 92.8 cm³/mol. The van der Waals surface area contributed by atoms with Crippen LogP contribution in [0.4, 0.5) is 4.79 Å². The second-order valence-electron chi connectivity index (χ2n) is 5.90. The van der Waals surface area contributed by atoms with Crippen LogP contribution in [0, 0.1) is 0 Å². The third-order valence-electron chi connectivity index (χ3n) is 4.11. The van der Waals surface area contributed by atoms with Crippen molar-refractivity contribution in [3.63, 3.8) is 0 Å². The Morgan fingerprint density at radius 2 is 1.80 bits per heavy atom. The van der Waals surface area contributed by atoms with E-state index in [9.17, 15) is 9.59 Å². The number of hydrogen-bond acceptors (Lipinski definition) is 5. The van der Waals surface area contributed by atoms with Crippen LogP contribution in [0.2, 0.25) is 0 Å². The second-order valence-corrected chi connectivity index (χ2v) is 5.90. The maximum absolute atomic E-state index is 12.3. The highest BCUT2D eigenvalue weighted by Gasteiger charge is 2.26. The van der Waals surface area contributed by atoms with Crippen molar-refractivity contribution in [3.05, 3.63) is 24.3 Å². The number of methoxy groups -OCH3 is 1. The number of rotatable bonds is 6. The molecule has 1 fully saturated rings. The molecule has 0 unspecified atom stereocenters. The summed E-state index contributed by atoms with van der Waals surface area (Å²) in [5.41, 5.74) is 0. The van der Waals surface area contributed by atoms with Gasteiger partial charge in [-0.1, -0.05) is 0 Å². The summed E-state index contributed by atoms with van der Waals surface area (Å²) in [6, 6.07) is 7.14. The lowest BCUT2D eigenvalue weighted by Gasteiger charge is -2.32. The summed E-state index contributed by atoms with van der Waals surface area (Å²) in [6.45, 7) is 5.03. The highest BCUT2D eigenvalue weighted by molar-refractivity contribution is 5.81. The first-order valence-corrected chi connectivity index (χ1v) is 8.56. The average Bonchev–Trinajstić information content (AvgIpc) is 2.63. The van der Waals surface area contributed by atoms with Gasteiger partial charge in [-0.15, -0.1) is 0 Å². The molecule has 1 heterocycles. The van der Waals surface area contributed by atoms with Crippen LogP contribution < -0.4 is 14.8 Å². The van der Waals surface area contributed by atoms with Crippen molar-refractivity contribution in [2.45, 2.75) is 38.8 Å². The van der Waals surface area contributed by atoms with E-state index in [1.807, 2.05) is 0 Å². The van der Waals surface area contributed by atoms with Gasteiger partial charge in [-0.2, -0.15) is 0 Å². The summed E-state index contributed by atoms with van der Waals surface area (Å²) in [6.07, 6.45) is 0.527. The Morgan fingerprint density at radius 1 is 1.20 bits per heavy atom. The van der Waals surface area contributed by atoms with Crippen LogP contribution in [0.3, 0.4) is 0 Å². The molecule has 1 aromatic carbocycles. The minimum absolute atomic E-state index is 0.0418. The predicted octanol–water partition coefficient (Wildman–Crippen LogP) is 2.20. The van der Waals surface area contributed by atoms with Gasteiger partial charge in [-0.25, -0.2) is 4.79 Å². The molecular formula is C18H26N2O5. The van der Waals surface area contributed by atoms with Gasteiger partial charge in [0.05, 0.1) is 13.7 Å². The molecule has 1 aromatic rings. The number of carbonyl (C=O) groups excluding carboxylic acids is 2. The molecule has 0 spiro atoms. The second kappa shape index (κ2) is 9.15. The first-order valence-electron chi connectivity index (χ1n) is 8.56. The van der Waals surface area contributed by atoms with E-state index in [1.54, 1.807) is 50.1 Å². The molecule has 0 radical (unpaired) electrons. The summed E-state index contributed by atoms with van der Waals surface area (Å²) in [5, 5.41) is 2.99. The third-order valence-corrected chi connectivity index (χ3v) is 4.11. The Bertz CT molecular complexity index is 567. The minimum atomic E-state index is -0.600. The summed E-state index contributed by atoms with van der Waals surface area (Å²) in [5.74, 6) is 1.18. The Morgan fingerprint density at radius 3 is 2.36 bits per heavy atom. The zero-order chi connectivity index (χ0) is 18.2. The molecule has 1 saturated heterocycles. The van der Waals surface area contributed by atoms with Crippen LogP contribution in [-0.4, -0.2) is 55.9 Å². The Balaban J connectivity index is 1.76. The zero-order valence-corrected chi connectivity index (χ0v) is 15.0. The molecular weight excluding hydrogens is 324 g/mol. The molecule has 0 saturated carbocycles. The van der Waals surface area contributed by atoms with Crippen molar-refractivity contribution in [3.8, 4) is 11.5 Å². The number of carbonyl (C=O) groups is 2. The van der Waals surface area contributed by atoms with Crippen molar-refractivity contribution >= 4 is 12.0 Å². The largest absolute Gasteiger partial charge is 0.497 e. The zero-order valence-electron chi connectivity index (χ0n) is 15.0.